The van der Waals surface area contributed by atoms with Gasteiger partial charge in [0.25, 0.3) is 0 Å². The highest BCUT2D eigenvalue weighted by Crippen LogP contribution is 2.29. The first-order chi connectivity index (χ1) is 13.4. The summed E-state index contributed by atoms with van der Waals surface area (Å²) < 4.78 is 19.8. The normalized spacial score (nSPS) is 11.6. The number of halogens is 1. The number of guanidine groups is 1. The van der Waals surface area contributed by atoms with Crippen LogP contribution in [0.3, 0.4) is 0 Å². The van der Waals surface area contributed by atoms with Gasteiger partial charge >= 0.3 is 0 Å². The number of aromatic nitrogens is 1. The maximum absolute atomic E-state index is 14.6. The van der Waals surface area contributed by atoms with Crippen LogP contribution in [0, 0.1) is 11.2 Å². The maximum atomic E-state index is 14.6. The zero-order valence-corrected chi connectivity index (χ0v) is 15.2. The number of nitrogens with zero attached hydrogens (tertiary/aromatic N) is 1. The largest absolute Gasteiger partial charge is 0.368 e. The van der Waals surface area contributed by atoms with Crippen LogP contribution in [0.2, 0.25) is 0 Å². The second-order valence-electron chi connectivity index (χ2n) is 6.26. The standard InChI is InChI=1S/C20H20FN5O2/c1-12(17-10-19(28-26-17)25-20(23)24-11-18(22)27)14-7-8-15(16(21)9-14)13-5-3-2-4-6-13/h2-10,12H,11H2,1H3,(H2,22,27)(H3,23,24,25). The quantitative estimate of drug-likeness (QED) is 0.387. The van der Waals surface area contributed by atoms with Gasteiger partial charge in [0.2, 0.25) is 11.8 Å². The molecule has 1 unspecified atom stereocenters. The van der Waals surface area contributed by atoms with Crippen LogP contribution in [0.25, 0.3) is 11.1 Å². The molecule has 3 rings (SSSR count). The van der Waals surface area contributed by atoms with E-state index < -0.39 is 5.91 Å². The molecule has 5 N–H and O–H groups in total. The predicted molar refractivity (Wildman–Crippen MR) is 104 cm³/mol. The molecule has 2 aromatic carbocycles. The summed E-state index contributed by atoms with van der Waals surface area (Å²) in [7, 11) is 0. The van der Waals surface area contributed by atoms with Crippen LogP contribution in [0.5, 0.6) is 0 Å². The molecule has 0 radical (unpaired) electrons. The molecule has 28 heavy (non-hydrogen) atoms. The molecule has 1 heterocycles. The number of carbonyl (C=O) groups excluding carboxylic acids is 1. The van der Waals surface area contributed by atoms with Crippen LogP contribution in [-0.2, 0) is 4.79 Å². The summed E-state index contributed by atoms with van der Waals surface area (Å²) in [5, 5.41) is 16.8. The number of carbonyl (C=O) groups is 1. The van der Waals surface area contributed by atoms with E-state index in [4.69, 9.17) is 15.7 Å². The second kappa shape index (κ2) is 8.34. The lowest BCUT2D eigenvalue weighted by atomic mass is 9.95. The van der Waals surface area contributed by atoms with Gasteiger partial charge in [0, 0.05) is 17.5 Å². The van der Waals surface area contributed by atoms with E-state index in [1.165, 1.54) is 6.07 Å². The van der Waals surface area contributed by atoms with Crippen LogP contribution < -0.4 is 16.4 Å². The highest BCUT2D eigenvalue weighted by molar-refractivity contribution is 5.92. The van der Waals surface area contributed by atoms with E-state index in [2.05, 4.69) is 15.8 Å². The molecule has 0 aliphatic carbocycles. The third-order valence-corrected chi connectivity index (χ3v) is 4.24. The van der Waals surface area contributed by atoms with E-state index in [9.17, 15) is 9.18 Å². The van der Waals surface area contributed by atoms with Gasteiger partial charge in [-0.1, -0.05) is 54.5 Å². The molecule has 0 saturated carbocycles. The second-order valence-corrected chi connectivity index (χ2v) is 6.26. The number of amides is 1. The van der Waals surface area contributed by atoms with Crippen LogP contribution in [0.15, 0.2) is 59.1 Å². The van der Waals surface area contributed by atoms with Gasteiger partial charge in [-0.2, -0.15) is 0 Å². The Morgan fingerprint density at radius 2 is 2.00 bits per heavy atom. The van der Waals surface area contributed by atoms with Crippen molar-refractivity contribution in [3.8, 4) is 11.1 Å². The fraction of sp³-hybridized carbons (Fsp3) is 0.150. The van der Waals surface area contributed by atoms with Gasteiger partial charge in [0.1, 0.15) is 5.82 Å². The number of hydrogen-bond donors (Lipinski definition) is 4. The van der Waals surface area contributed by atoms with Crippen molar-refractivity contribution in [3.63, 3.8) is 0 Å². The van der Waals surface area contributed by atoms with Gasteiger partial charge in [-0.3, -0.25) is 15.5 Å². The Labute approximate surface area is 161 Å². The van der Waals surface area contributed by atoms with E-state index in [1.54, 1.807) is 12.1 Å². The van der Waals surface area contributed by atoms with Crippen molar-refractivity contribution in [2.75, 3.05) is 11.9 Å². The first-order valence-electron chi connectivity index (χ1n) is 8.63. The molecule has 0 saturated heterocycles. The summed E-state index contributed by atoms with van der Waals surface area (Å²) in [4.78, 5) is 10.7. The summed E-state index contributed by atoms with van der Waals surface area (Å²) in [6, 6.07) is 16.1. The Bertz CT molecular complexity index is 987. The summed E-state index contributed by atoms with van der Waals surface area (Å²) in [6.07, 6.45) is 0. The highest BCUT2D eigenvalue weighted by Gasteiger charge is 2.17. The van der Waals surface area contributed by atoms with Crippen LogP contribution >= 0.6 is 0 Å². The summed E-state index contributed by atoms with van der Waals surface area (Å²) in [6.45, 7) is 1.71. The van der Waals surface area contributed by atoms with Crippen LogP contribution in [0.4, 0.5) is 10.3 Å². The third kappa shape index (κ3) is 4.53. The predicted octanol–water partition coefficient (Wildman–Crippen LogP) is 3.05. The van der Waals surface area contributed by atoms with E-state index >= 15 is 0 Å². The highest BCUT2D eigenvalue weighted by atomic mass is 19.1. The van der Waals surface area contributed by atoms with Crippen LogP contribution in [-0.4, -0.2) is 23.6 Å². The van der Waals surface area contributed by atoms with Gasteiger partial charge in [-0.25, -0.2) is 4.39 Å². The van der Waals surface area contributed by atoms with Crippen molar-refractivity contribution in [1.82, 2.24) is 10.5 Å². The summed E-state index contributed by atoms with van der Waals surface area (Å²) in [5.74, 6) is -1.03. The Balaban J connectivity index is 1.71. The monoisotopic (exact) mass is 381 g/mol. The van der Waals surface area contributed by atoms with Crippen LogP contribution in [0.1, 0.15) is 24.1 Å². The number of rotatable bonds is 6. The van der Waals surface area contributed by atoms with E-state index in [0.717, 1.165) is 11.1 Å². The number of nitrogens with one attached hydrogen (secondary N) is 3. The van der Waals surface area contributed by atoms with Gasteiger partial charge in [-0.05, 0) is 17.2 Å². The smallest absolute Gasteiger partial charge is 0.236 e. The molecular formula is C20H20FN5O2. The third-order valence-electron chi connectivity index (χ3n) is 4.24. The van der Waals surface area contributed by atoms with Gasteiger partial charge < -0.3 is 15.6 Å². The van der Waals surface area contributed by atoms with Gasteiger partial charge in [0.05, 0.1) is 12.2 Å². The Hall–Kier alpha value is -3.68. The molecule has 7 nitrogen and oxygen atoms in total. The molecule has 0 fully saturated rings. The molecule has 144 valence electrons. The molecule has 0 aliphatic rings. The zero-order chi connectivity index (χ0) is 20.1. The van der Waals surface area contributed by atoms with Crippen molar-refractivity contribution >= 4 is 17.8 Å². The summed E-state index contributed by atoms with van der Waals surface area (Å²) in [5.41, 5.74) is 7.69. The SMILES string of the molecule is CC(c1ccc(-c2ccccc2)c(F)c1)c1cc(NC(=N)NCC(N)=O)on1. The van der Waals surface area contributed by atoms with Crippen molar-refractivity contribution in [3.05, 3.63) is 71.7 Å². The Morgan fingerprint density at radius 1 is 1.25 bits per heavy atom. The van der Waals surface area contributed by atoms with E-state index in [1.807, 2.05) is 43.3 Å². The Morgan fingerprint density at radius 3 is 2.68 bits per heavy atom. The lowest BCUT2D eigenvalue weighted by Crippen LogP contribution is -2.36. The van der Waals surface area contributed by atoms with Crippen molar-refractivity contribution in [2.24, 2.45) is 5.73 Å². The number of anilines is 1. The number of hydrogen-bond acceptors (Lipinski definition) is 4. The molecule has 0 bridgehead atoms. The average molecular weight is 381 g/mol. The van der Waals surface area contributed by atoms with Gasteiger partial charge in [-0.15, -0.1) is 0 Å². The minimum atomic E-state index is -0.584. The first-order valence-corrected chi connectivity index (χ1v) is 8.63. The molecule has 1 amide bonds. The minimum absolute atomic E-state index is 0.146. The molecule has 1 atom stereocenters. The number of nitrogens with two attached hydrogens (primary N) is 1. The molecule has 0 spiro atoms. The van der Waals surface area contributed by atoms with Crippen molar-refractivity contribution < 1.29 is 13.7 Å². The lowest BCUT2D eigenvalue weighted by Gasteiger charge is -2.11. The lowest BCUT2D eigenvalue weighted by molar-refractivity contribution is -0.116. The van der Waals surface area contributed by atoms with Crippen molar-refractivity contribution in [2.45, 2.75) is 12.8 Å². The first kappa shape index (κ1) is 19.1. The van der Waals surface area contributed by atoms with Crippen molar-refractivity contribution in [1.29, 1.82) is 5.41 Å². The minimum Gasteiger partial charge on any atom is -0.368 e. The topological polar surface area (TPSA) is 117 Å². The molecule has 8 heteroatoms. The fourth-order valence-corrected chi connectivity index (χ4v) is 2.72. The van der Waals surface area contributed by atoms with E-state index in [-0.39, 0.29) is 30.1 Å². The summed E-state index contributed by atoms with van der Waals surface area (Å²) >= 11 is 0. The number of primary amides is 1. The fourth-order valence-electron chi connectivity index (χ4n) is 2.72. The van der Waals surface area contributed by atoms with E-state index in [0.29, 0.717) is 11.3 Å². The van der Waals surface area contributed by atoms with Gasteiger partial charge in [0.15, 0.2) is 5.96 Å². The number of benzene rings is 2. The molecule has 3 aromatic rings. The average Bonchev–Trinajstić information content (AvgIpc) is 3.14. The molecule has 0 aliphatic heterocycles. The molecule has 1 aromatic heterocycles. The molecular weight excluding hydrogens is 361 g/mol. The maximum Gasteiger partial charge on any atom is 0.236 e. The zero-order valence-electron chi connectivity index (χ0n) is 15.2. The Kier molecular flexibility index (Phi) is 5.69.